The zero-order valence-corrected chi connectivity index (χ0v) is 14.1. The van der Waals surface area contributed by atoms with Gasteiger partial charge >= 0.3 is 6.03 Å². The Balaban J connectivity index is 2.19. The summed E-state index contributed by atoms with van der Waals surface area (Å²) >= 11 is 3.35. The summed E-state index contributed by atoms with van der Waals surface area (Å²) in [5.74, 6) is 0. The molecule has 2 N–H and O–H groups in total. The highest BCUT2D eigenvalue weighted by Gasteiger charge is 2.07. The first-order valence-electron chi connectivity index (χ1n) is 7.19. The summed E-state index contributed by atoms with van der Waals surface area (Å²) in [7, 11) is 0. The van der Waals surface area contributed by atoms with Crippen molar-refractivity contribution in [2.24, 2.45) is 0 Å². The smallest absolute Gasteiger partial charge is 0.319 e. The van der Waals surface area contributed by atoms with Gasteiger partial charge in [-0.15, -0.1) is 0 Å². The van der Waals surface area contributed by atoms with E-state index in [9.17, 15) is 4.79 Å². The molecule has 0 heterocycles. The van der Waals surface area contributed by atoms with Crippen LogP contribution in [0.15, 0.2) is 28.7 Å². The predicted octanol–water partition coefficient (Wildman–Crippen LogP) is 3.75. The van der Waals surface area contributed by atoms with Crippen molar-refractivity contribution in [1.82, 2.24) is 5.32 Å². The number of hydrogen-bond donors (Lipinski definition) is 2. The number of anilines is 1. The zero-order valence-electron chi connectivity index (χ0n) is 12.5. The van der Waals surface area contributed by atoms with E-state index in [1.54, 1.807) is 0 Å². The van der Waals surface area contributed by atoms with Gasteiger partial charge in [0.15, 0.2) is 6.29 Å². The molecule has 118 valence electrons. The van der Waals surface area contributed by atoms with E-state index in [4.69, 9.17) is 9.47 Å². The summed E-state index contributed by atoms with van der Waals surface area (Å²) in [6.45, 7) is 5.72. The van der Waals surface area contributed by atoms with E-state index in [-0.39, 0.29) is 12.3 Å². The monoisotopic (exact) mass is 358 g/mol. The molecule has 0 atom stereocenters. The third kappa shape index (κ3) is 8.04. The number of nitrogens with one attached hydrogen (secondary N) is 2. The van der Waals surface area contributed by atoms with Crippen LogP contribution in [0.3, 0.4) is 0 Å². The summed E-state index contributed by atoms with van der Waals surface area (Å²) in [6.07, 6.45) is 1.38. The Morgan fingerprint density at radius 1 is 1.19 bits per heavy atom. The highest BCUT2D eigenvalue weighted by molar-refractivity contribution is 9.10. The molecular weight excluding hydrogens is 336 g/mol. The lowest BCUT2D eigenvalue weighted by Crippen LogP contribution is -2.30. The van der Waals surface area contributed by atoms with Crippen molar-refractivity contribution in [3.05, 3.63) is 28.7 Å². The zero-order chi connectivity index (χ0) is 15.5. The topological polar surface area (TPSA) is 59.6 Å². The van der Waals surface area contributed by atoms with Gasteiger partial charge in [0.1, 0.15) is 0 Å². The second-order valence-corrected chi connectivity index (χ2v) is 5.29. The van der Waals surface area contributed by atoms with E-state index in [1.807, 2.05) is 38.1 Å². The van der Waals surface area contributed by atoms with Gasteiger partial charge in [-0.25, -0.2) is 4.79 Å². The first kappa shape index (κ1) is 17.9. The van der Waals surface area contributed by atoms with Crippen LogP contribution in [0.5, 0.6) is 0 Å². The van der Waals surface area contributed by atoms with Gasteiger partial charge in [0.05, 0.1) is 0 Å². The third-order valence-electron chi connectivity index (χ3n) is 2.71. The van der Waals surface area contributed by atoms with Gasteiger partial charge in [0.2, 0.25) is 0 Å². The Morgan fingerprint density at radius 3 is 2.38 bits per heavy atom. The maximum atomic E-state index is 11.7. The lowest BCUT2D eigenvalue weighted by atomic mass is 10.3. The SMILES string of the molecule is CCOC(CCCNC(=O)Nc1ccc(Br)cc1)OCC. The highest BCUT2D eigenvalue weighted by atomic mass is 79.9. The molecule has 0 spiro atoms. The number of ether oxygens (including phenoxy) is 2. The number of hydrogen-bond acceptors (Lipinski definition) is 3. The second kappa shape index (κ2) is 10.6. The minimum absolute atomic E-state index is 0.184. The summed E-state index contributed by atoms with van der Waals surface area (Å²) in [5.41, 5.74) is 0.761. The number of amides is 2. The Bertz CT molecular complexity index is 406. The molecule has 0 bridgehead atoms. The minimum atomic E-state index is -0.207. The van der Waals surface area contributed by atoms with Crippen LogP contribution in [-0.4, -0.2) is 32.1 Å². The Morgan fingerprint density at radius 2 is 1.81 bits per heavy atom. The lowest BCUT2D eigenvalue weighted by Gasteiger charge is -2.16. The number of benzene rings is 1. The maximum Gasteiger partial charge on any atom is 0.319 e. The summed E-state index contributed by atoms with van der Waals surface area (Å²) in [5, 5.41) is 5.59. The molecule has 0 saturated heterocycles. The van der Waals surface area contributed by atoms with Gasteiger partial charge in [-0.1, -0.05) is 15.9 Å². The summed E-state index contributed by atoms with van der Waals surface area (Å²) in [6, 6.07) is 7.23. The Hall–Kier alpha value is -1.11. The minimum Gasteiger partial charge on any atom is -0.353 e. The molecule has 2 amide bonds. The van der Waals surface area contributed by atoms with Crippen molar-refractivity contribution in [2.75, 3.05) is 25.1 Å². The highest BCUT2D eigenvalue weighted by Crippen LogP contribution is 2.13. The molecule has 0 aliphatic heterocycles. The predicted molar refractivity (Wildman–Crippen MR) is 87.4 cm³/mol. The van der Waals surface area contributed by atoms with Crippen LogP contribution in [0.4, 0.5) is 10.5 Å². The fourth-order valence-corrected chi connectivity index (χ4v) is 2.03. The second-order valence-electron chi connectivity index (χ2n) is 4.37. The van der Waals surface area contributed by atoms with Crippen LogP contribution in [0.1, 0.15) is 26.7 Å². The standard InChI is InChI=1S/C15H23BrN2O3/c1-3-20-14(21-4-2)6-5-11-17-15(19)18-13-9-7-12(16)8-10-13/h7-10,14H,3-6,11H2,1-2H3,(H2,17,18,19). The largest absolute Gasteiger partial charge is 0.353 e. The van der Waals surface area contributed by atoms with E-state index >= 15 is 0 Å². The molecule has 0 aliphatic carbocycles. The average molecular weight is 359 g/mol. The van der Waals surface area contributed by atoms with E-state index in [1.165, 1.54) is 0 Å². The third-order valence-corrected chi connectivity index (χ3v) is 3.24. The molecule has 1 aromatic rings. The fraction of sp³-hybridized carbons (Fsp3) is 0.533. The van der Waals surface area contributed by atoms with Crippen LogP contribution >= 0.6 is 15.9 Å². The number of urea groups is 1. The number of carbonyl (C=O) groups excluding carboxylic acids is 1. The van der Waals surface area contributed by atoms with Crippen molar-refractivity contribution >= 4 is 27.6 Å². The van der Waals surface area contributed by atoms with Gasteiger partial charge in [-0.05, 0) is 44.5 Å². The molecular formula is C15H23BrN2O3. The molecule has 21 heavy (non-hydrogen) atoms. The normalized spacial score (nSPS) is 10.7. The number of rotatable bonds is 9. The molecule has 0 saturated carbocycles. The van der Waals surface area contributed by atoms with E-state index in [2.05, 4.69) is 26.6 Å². The Labute approximate surface area is 134 Å². The fourth-order valence-electron chi connectivity index (χ4n) is 1.77. The Kier molecular flexibility index (Phi) is 9.05. The molecule has 0 aromatic heterocycles. The number of carbonyl (C=O) groups is 1. The summed E-state index contributed by atoms with van der Waals surface area (Å²) < 4.78 is 11.9. The first-order chi connectivity index (χ1) is 10.2. The number of halogens is 1. The van der Waals surface area contributed by atoms with Gasteiger partial charge < -0.3 is 20.1 Å². The van der Waals surface area contributed by atoms with Crippen LogP contribution in [0.25, 0.3) is 0 Å². The van der Waals surface area contributed by atoms with Crippen molar-refractivity contribution < 1.29 is 14.3 Å². The van der Waals surface area contributed by atoms with Crippen molar-refractivity contribution in [2.45, 2.75) is 33.0 Å². The molecule has 1 rings (SSSR count). The molecule has 0 radical (unpaired) electrons. The maximum absolute atomic E-state index is 11.7. The van der Waals surface area contributed by atoms with Gasteiger partial charge in [-0.2, -0.15) is 0 Å². The molecule has 0 aliphatic rings. The van der Waals surface area contributed by atoms with Crippen LogP contribution in [-0.2, 0) is 9.47 Å². The molecule has 0 unspecified atom stereocenters. The van der Waals surface area contributed by atoms with Crippen LogP contribution in [0, 0.1) is 0 Å². The van der Waals surface area contributed by atoms with Gasteiger partial charge in [0.25, 0.3) is 0 Å². The van der Waals surface area contributed by atoms with Crippen LogP contribution < -0.4 is 10.6 Å². The molecule has 0 fully saturated rings. The van der Waals surface area contributed by atoms with Gasteiger partial charge in [-0.3, -0.25) is 0 Å². The van der Waals surface area contributed by atoms with E-state index < -0.39 is 0 Å². The van der Waals surface area contributed by atoms with Gasteiger partial charge in [0, 0.05) is 36.3 Å². The van der Waals surface area contributed by atoms with E-state index in [0.29, 0.717) is 19.8 Å². The van der Waals surface area contributed by atoms with E-state index in [0.717, 1.165) is 23.0 Å². The van der Waals surface area contributed by atoms with Crippen molar-refractivity contribution in [3.63, 3.8) is 0 Å². The first-order valence-corrected chi connectivity index (χ1v) is 7.98. The molecule has 5 nitrogen and oxygen atoms in total. The molecule has 6 heteroatoms. The average Bonchev–Trinajstić information content (AvgIpc) is 2.46. The van der Waals surface area contributed by atoms with Crippen molar-refractivity contribution in [1.29, 1.82) is 0 Å². The molecule has 1 aromatic carbocycles. The van der Waals surface area contributed by atoms with Crippen molar-refractivity contribution in [3.8, 4) is 0 Å². The quantitative estimate of drug-likeness (QED) is 0.522. The van der Waals surface area contributed by atoms with Crippen LogP contribution in [0.2, 0.25) is 0 Å². The summed E-state index contributed by atoms with van der Waals surface area (Å²) in [4.78, 5) is 11.7. The lowest BCUT2D eigenvalue weighted by molar-refractivity contribution is -0.139.